The predicted octanol–water partition coefficient (Wildman–Crippen LogP) is 3.43. The van der Waals surface area contributed by atoms with Crippen LogP contribution < -0.4 is 0 Å². The lowest BCUT2D eigenvalue weighted by Crippen LogP contribution is -2.27. The maximum atomic E-state index is 10.4. The molecule has 2 atom stereocenters. The van der Waals surface area contributed by atoms with Crippen LogP contribution in [0.1, 0.15) is 31.7 Å². The van der Waals surface area contributed by atoms with Crippen LogP contribution in [0.4, 0.5) is 0 Å². The third kappa shape index (κ3) is 2.73. The van der Waals surface area contributed by atoms with Crippen molar-refractivity contribution in [2.45, 2.75) is 38.2 Å². The minimum atomic E-state index is -0.479. The van der Waals surface area contributed by atoms with Gasteiger partial charge >= 0.3 is 0 Å². The van der Waals surface area contributed by atoms with Crippen LogP contribution in [0.25, 0.3) is 0 Å². The summed E-state index contributed by atoms with van der Waals surface area (Å²) in [4.78, 5) is 0. The average molecular weight is 225 g/mol. The monoisotopic (exact) mass is 224 g/mol. The van der Waals surface area contributed by atoms with Gasteiger partial charge in [-0.15, -0.1) is 0 Å². The molecule has 2 rings (SSSR count). The fraction of sp³-hybridized carbons (Fsp3) is 0.538. The predicted molar refractivity (Wildman–Crippen MR) is 63.1 cm³/mol. The molecule has 0 spiro atoms. The molecule has 0 saturated heterocycles. The van der Waals surface area contributed by atoms with E-state index in [2.05, 4.69) is 6.92 Å². The molecule has 1 aliphatic carbocycles. The summed E-state index contributed by atoms with van der Waals surface area (Å²) in [6.45, 7) is 2.21. The first kappa shape index (κ1) is 11.0. The molecule has 1 saturated carbocycles. The lowest BCUT2D eigenvalue weighted by atomic mass is 9.92. The highest BCUT2D eigenvalue weighted by molar-refractivity contribution is 6.30. The first-order chi connectivity index (χ1) is 7.07. The van der Waals surface area contributed by atoms with Gasteiger partial charge in [-0.2, -0.15) is 0 Å². The van der Waals surface area contributed by atoms with Crippen LogP contribution >= 0.6 is 11.6 Å². The molecule has 1 aromatic rings. The molecule has 1 aromatic carbocycles. The van der Waals surface area contributed by atoms with E-state index >= 15 is 0 Å². The Hall–Kier alpha value is -0.530. The van der Waals surface area contributed by atoms with Gasteiger partial charge in [0.25, 0.3) is 0 Å². The summed E-state index contributed by atoms with van der Waals surface area (Å²) in [5.41, 5.74) is 0.698. The summed E-state index contributed by atoms with van der Waals surface area (Å²) in [5, 5.41) is 11.1. The third-order valence-electron chi connectivity index (χ3n) is 3.28. The second-order valence-corrected chi connectivity index (χ2v) is 5.31. The molecule has 0 heterocycles. The lowest BCUT2D eigenvalue weighted by molar-refractivity contribution is 0.0446. The van der Waals surface area contributed by atoms with Gasteiger partial charge in [0.15, 0.2) is 0 Å². The SMILES string of the molecule is CC1CCC(O)(Cc2ccc(Cl)cc2)C1. The Morgan fingerprint density at radius 3 is 2.60 bits per heavy atom. The van der Waals surface area contributed by atoms with Crippen molar-refractivity contribution in [2.24, 2.45) is 5.92 Å². The van der Waals surface area contributed by atoms with E-state index in [1.54, 1.807) is 0 Å². The Morgan fingerprint density at radius 2 is 2.07 bits per heavy atom. The van der Waals surface area contributed by atoms with Gasteiger partial charge in [0.1, 0.15) is 0 Å². The van der Waals surface area contributed by atoms with Crippen molar-refractivity contribution in [1.29, 1.82) is 0 Å². The van der Waals surface area contributed by atoms with E-state index in [1.165, 1.54) is 5.56 Å². The zero-order chi connectivity index (χ0) is 10.9. The second-order valence-electron chi connectivity index (χ2n) is 4.88. The Morgan fingerprint density at radius 1 is 1.40 bits per heavy atom. The average Bonchev–Trinajstić information content (AvgIpc) is 2.50. The van der Waals surface area contributed by atoms with Gasteiger partial charge < -0.3 is 5.11 Å². The fourth-order valence-corrected chi connectivity index (χ4v) is 2.64. The normalized spacial score (nSPS) is 30.7. The highest BCUT2D eigenvalue weighted by Gasteiger charge is 2.35. The van der Waals surface area contributed by atoms with Gasteiger partial charge in [-0.1, -0.05) is 30.7 Å². The molecule has 0 radical (unpaired) electrons. The lowest BCUT2D eigenvalue weighted by Gasteiger charge is -2.22. The molecular formula is C13H17ClO. The number of benzene rings is 1. The van der Waals surface area contributed by atoms with E-state index in [1.807, 2.05) is 24.3 Å². The van der Waals surface area contributed by atoms with Gasteiger partial charge in [-0.05, 0) is 42.9 Å². The Bertz CT molecular complexity index is 333. The summed E-state index contributed by atoms with van der Waals surface area (Å²) in [5.74, 6) is 0.655. The van der Waals surface area contributed by atoms with Crippen LogP contribution in [0, 0.1) is 5.92 Å². The van der Waals surface area contributed by atoms with Crippen molar-refractivity contribution in [1.82, 2.24) is 0 Å². The van der Waals surface area contributed by atoms with Crippen LogP contribution in [-0.4, -0.2) is 10.7 Å². The highest BCUT2D eigenvalue weighted by atomic mass is 35.5. The zero-order valence-electron chi connectivity index (χ0n) is 9.04. The Kier molecular flexibility index (Phi) is 3.03. The maximum absolute atomic E-state index is 10.4. The quantitative estimate of drug-likeness (QED) is 0.816. The minimum Gasteiger partial charge on any atom is -0.390 e. The maximum Gasteiger partial charge on any atom is 0.0690 e. The van der Waals surface area contributed by atoms with E-state index < -0.39 is 5.60 Å². The van der Waals surface area contributed by atoms with Crippen molar-refractivity contribution < 1.29 is 5.11 Å². The van der Waals surface area contributed by atoms with Crippen molar-refractivity contribution in [3.05, 3.63) is 34.9 Å². The molecule has 2 unspecified atom stereocenters. The third-order valence-corrected chi connectivity index (χ3v) is 3.53. The van der Waals surface area contributed by atoms with Gasteiger partial charge in [0.05, 0.1) is 5.60 Å². The largest absolute Gasteiger partial charge is 0.390 e. The smallest absolute Gasteiger partial charge is 0.0690 e. The molecule has 0 amide bonds. The summed E-state index contributed by atoms with van der Waals surface area (Å²) in [6.07, 6.45) is 3.75. The standard InChI is InChI=1S/C13H17ClO/c1-10-6-7-13(15,8-10)9-11-2-4-12(14)5-3-11/h2-5,10,15H,6-9H2,1H3. The molecule has 1 fully saturated rings. The van der Waals surface area contributed by atoms with Crippen molar-refractivity contribution in [2.75, 3.05) is 0 Å². The van der Waals surface area contributed by atoms with E-state index in [4.69, 9.17) is 11.6 Å². The van der Waals surface area contributed by atoms with Crippen LogP contribution in [0.3, 0.4) is 0 Å². The fourth-order valence-electron chi connectivity index (χ4n) is 2.51. The zero-order valence-corrected chi connectivity index (χ0v) is 9.80. The molecule has 0 aromatic heterocycles. The van der Waals surface area contributed by atoms with Gasteiger partial charge in [0.2, 0.25) is 0 Å². The minimum absolute atomic E-state index is 0.479. The van der Waals surface area contributed by atoms with Crippen molar-refractivity contribution in [3.63, 3.8) is 0 Å². The second kappa shape index (κ2) is 4.15. The molecular weight excluding hydrogens is 208 g/mol. The van der Waals surface area contributed by atoms with Crippen molar-refractivity contribution >= 4 is 11.6 Å². The van der Waals surface area contributed by atoms with Crippen molar-refractivity contribution in [3.8, 4) is 0 Å². The van der Waals surface area contributed by atoms with E-state index in [-0.39, 0.29) is 0 Å². The van der Waals surface area contributed by atoms with Crippen LogP contribution in [0.5, 0.6) is 0 Å². The number of rotatable bonds is 2. The molecule has 82 valence electrons. The summed E-state index contributed by atoms with van der Waals surface area (Å²) < 4.78 is 0. The van der Waals surface area contributed by atoms with Crippen LogP contribution in [0.2, 0.25) is 5.02 Å². The van der Waals surface area contributed by atoms with Crippen LogP contribution in [0.15, 0.2) is 24.3 Å². The van der Waals surface area contributed by atoms with Gasteiger partial charge in [-0.3, -0.25) is 0 Å². The van der Waals surface area contributed by atoms with Gasteiger partial charge in [-0.25, -0.2) is 0 Å². The summed E-state index contributed by atoms with van der Waals surface area (Å²) >= 11 is 5.82. The summed E-state index contributed by atoms with van der Waals surface area (Å²) in [7, 11) is 0. The first-order valence-electron chi connectivity index (χ1n) is 5.54. The molecule has 0 aliphatic heterocycles. The van der Waals surface area contributed by atoms with E-state index in [0.717, 1.165) is 30.7 Å². The molecule has 1 aliphatic rings. The Balaban J connectivity index is 2.05. The molecule has 15 heavy (non-hydrogen) atoms. The molecule has 1 N–H and O–H groups in total. The number of hydrogen-bond donors (Lipinski definition) is 1. The molecule has 2 heteroatoms. The number of aliphatic hydroxyl groups is 1. The van der Waals surface area contributed by atoms with Gasteiger partial charge in [0, 0.05) is 11.4 Å². The van der Waals surface area contributed by atoms with Crippen LogP contribution in [-0.2, 0) is 6.42 Å². The number of hydrogen-bond acceptors (Lipinski definition) is 1. The highest BCUT2D eigenvalue weighted by Crippen LogP contribution is 2.36. The van der Waals surface area contributed by atoms with E-state index in [0.29, 0.717) is 5.92 Å². The first-order valence-corrected chi connectivity index (χ1v) is 5.92. The molecule has 0 bridgehead atoms. The summed E-state index contributed by atoms with van der Waals surface area (Å²) in [6, 6.07) is 7.78. The molecule has 1 nitrogen and oxygen atoms in total. The van der Waals surface area contributed by atoms with E-state index in [9.17, 15) is 5.11 Å². The number of halogens is 1. The Labute approximate surface area is 96.1 Å². The topological polar surface area (TPSA) is 20.2 Å².